The lowest BCUT2D eigenvalue weighted by Gasteiger charge is -2.19. The number of aromatic nitrogens is 1. The van der Waals surface area contributed by atoms with Crippen LogP contribution in [0.4, 0.5) is 0 Å². The zero-order chi connectivity index (χ0) is 24.8. The molecule has 190 valence electrons. The van der Waals surface area contributed by atoms with Gasteiger partial charge in [-0.05, 0) is 56.0 Å². The van der Waals surface area contributed by atoms with Gasteiger partial charge in [0.15, 0.2) is 0 Å². The molecule has 0 aliphatic heterocycles. The van der Waals surface area contributed by atoms with Crippen molar-refractivity contribution in [1.82, 2.24) is 9.88 Å². The van der Waals surface area contributed by atoms with Crippen LogP contribution in [0.25, 0.3) is 21.8 Å². The lowest BCUT2D eigenvalue weighted by atomic mass is 10.0. The monoisotopic (exact) mass is 487 g/mol. The number of fused-ring (bicyclic) bond motifs is 2. The van der Waals surface area contributed by atoms with Crippen LogP contribution in [0.5, 0.6) is 0 Å². The second-order valence-corrected chi connectivity index (χ2v) is 8.87. The molecule has 1 unspecified atom stereocenters. The van der Waals surface area contributed by atoms with Crippen molar-refractivity contribution in [3.8, 4) is 0 Å². The molecule has 0 spiro atoms. The number of rotatable bonds is 10. The fraction of sp³-hybridized carbons (Fsp3) is 0.333. The van der Waals surface area contributed by atoms with Crippen LogP contribution in [0.3, 0.4) is 0 Å². The van der Waals surface area contributed by atoms with Crippen LogP contribution in [0, 0.1) is 13.8 Å². The number of aliphatic carboxylic acids is 1. The largest absolute Gasteiger partial charge is 0.478 e. The lowest BCUT2D eigenvalue weighted by Crippen LogP contribution is -2.23. The summed E-state index contributed by atoms with van der Waals surface area (Å²) in [4.78, 5) is 17.0. The molecular formula is C30H37N3O3. The number of aryl methyl sites for hydroxylation is 3. The summed E-state index contributed by atoms with van der Waals surface area (Å²) in [5.41, 5.74) is 5.83. The van der Waals surface area contributed by atoms with Gasteiger partial charge in [0.2, 0.25) is 6.10 Å². The van der Waals surface area contributed by atoms with Crippen molar-refractivity contribution in [2.75, 3.05) is 6.54 Å². The van der Waals surface area contributed by atoms with E-state index in [4.69, 9.17) is 4.84 Å². The van der Waals surface area contributed by atoms with Gasteiger partial charge in [-0.1, -0.05) is 80.2 Å². The zero-order valence-corrected chi connectivity index (χ0v) is 20.6. The Balaban J connectivity index is 0.00000361. The Morgan fingerprint density at radius 3 is 2.47 bits per heavy atom. The molecule has 2 N–H and O–H groups in total. The third-order valence-corrected chi connectivity index (χ3v) is 6.50. The van der Waals surface area contributed by atoms with Crippen molar-refractivity contribution < 1.29 is 14.7 Å². The van der Waals surface area contributed by atoms with Gasteiger partial charge in [0, 0.05) is 23.9 Å². The lowest BCUT2D eigenvalue weighted by molar-refractivity contribution is -0.150. The van der Waals surface area contributed by atoms with E-state index in [1.54, 1.807) is 6.92 Å². The van der Waals surface area contributed by atoms with Gasteiger partial charge in [-0.3, -0.25) is 0 Å². The molecule has 6 heteroatoms. The number of hydrogen-bond acceptors (Lipinski definition) is 4. The maximum Gasteiger partial charge on any atom is 0.347 e. The number of nitrogens with zero attached hydrogens (tertiary/aromatic N) is 2. The summed E-state index contributed by atoms with van der Waals surface area (Å²) in [6.45, 7) is 8.62. The second kappa shape index (κ2) is 12.4. The van der Waals surface area contributed by atoms with Gasteiger partial charge in [-0.25, -0.2) is 4.79 Å². The Morgan fingerprint density at radius 1 is 1.03 bits per heavy atom. The van der Waals surface area contributed by atoms with E-state index in [2.05, 4.69) is 71.4 Å². The first-order valence-corrected chi connectivity index (χ1v) is 12.2. The number of hydrogen-bond donors (Lipinski definition) is 2. The minimum Gasteiger partial charge on any atom is -0.478 e. The van der Waals surface area contributed by atoms with Gasteiger partial charge in [0.1, 0.15) is 5.36 Å². The summed E-state index contributed by atoms with van der Waals surface area (Å²) in [7, 11) is 0. The number of carboxylic acid groups (broad SMARTS) is 1. The van der Waals surface area contributed by atoms with Crippen molar-refractivity contribution in [3.63, 3.8) is 0 Å². The van der Waals surface area contributed by atoms with Crippen molar-refractivity contribution in [2.45, 2.75) is 60.2 Å². The molecule has 0 amide bonds. The molecule has 0 aliphatic carbocycles. The number of carbonyl (C=O) groups is 1. The average Bonchev–Trinajstić information content (AvgIpc) is 2.87. The van der Waals surface area contributed by atoms with E-state index in [-0.39, 0.29) is 7.43 Å². The molecule has 1 atom stereocenters. The summed E-state index contributed by atoms with van der Waals surface area (Å²) < 4.78 is 2.37. The predicted molar refractivity (Wildman–Crippen MR) is 147 cm³/mol. The molecule has 0 saturated heterocycles. The van der Waals surface area contributed by atoms with E-state index in [0.717, 1.165) is 47.9 Å². The fourth-order valence-electron chi connectivity index (χ4n) is 4.45. The third kappa shape index (κ3) is 5.77. The van der Waals surface area contributed by atoms with E-state index >= 15 is 0 Å². The van der Waals surface area contributed by atoms with Gasteiger partial charge in [-0.2, -0.15) is 0 Å². The Bertz CT molecular complexity index is 1390. The van der Waals surface area contributed by atoms with E-state index in [1.165, 1.54) is 16.7 Å². The van der Waals surface area contributed by atoms with Crippen LogP contribution in [0.1, 0.15) is 43.9 Å². The van der Waals surface area contributed by atoms with Crippen LogP contribution in [-0.2, 0) is 22.7 Å². The first-order valence-electron chi connectivity index (χ1n) is 12.2. The Labute approximate surface area is 213 Å². The quantitative estimate of drug-likeness (QED) is 0.165. The number of benzene rings is 3. The maximum absolute atomic E-state index is 11.5. The van der Waals surface area contributed by atoms with Crippen LogP contribution in [-0.4, -0.2) is 28.3 Å². The van der Waals surface area contributed by atoms with Crippen LogP contribution in [0.2, 0.25) is 0 Å². The Morgan fingerprint density at radius 2 is 1.75 bits per heavy atom. The topological polar surface area (TPSA) is 75.8 Å². The summed E-state index contributed by atoms with van der Waals surface area (Å²) >= 11 is 0. The normalized spacial score (nSPS) is 12.5. The third-order valence-electron chi connectivity index (χ3n) is 6.50. The number of para-hydroxylation sites is 1. The zero-order valence-electron chi connectivity index (χ0n) is 20.6. The molecule has 4 rings (SSSR count). The molecule has 1 heterocycles. The highest BCUT2D eigenvalue weighted by molar-refractivity contribution is 5.95. The van der Waals surface area contributed by atoms with Crippen molar-refractivity contribution in [3.05, 3.63) is 88.8 Å². The van der Waals surface area contributed by atoms with E-state index in [9.17, 15) is 9.90 Å². The SMILES string of the molecule is C.CCC(O/N=c1\c2ccccc2n(CCCNCc2ccccc2)c2c(C)c(C)ccc12)C(=O)O. The molecular weight excluding hydrogens is 450 g/mol. The number of carboxylic acids is 1. The fourth-order valence-corrected chi connectivity index (χ4v) is 4.45. The minimum absolute atomic E-state index is 0. The summed E-state index contributed by atoms with van der Waals surface area (Å²) in [5.74, 6) is -1.01. The van der Waals surface area contributed by atoms with Gasteiger partial charge in [0.25, 0.3) is 0 Å². The highest BCUT2D eigenvalue weighted by atomic mass is 16.6. The molecule has 0 bridgehead atoms. The van der Waals surface area contributed by atoms with E-state index < -0.39 is 12.1 Å². The standard InChI is InChI=1S/C29H33N3O3.CH4/c1-4-26(29(33)34)35-31-27-23-13-8-9-14-25(23)32(28-21(3)20(2)15-16-24(27)28)18-10-17-30-19-22-11-6-5-7-12-22;/h5-9,11-16,26,30H,4,10,17-19H2,1-3H3,(H,33,34);1H4/b31-27+;. The van der Waals surface area contributed by atoms with Gasteiger partial charge < -0.3 is 19.8 Å². The molecule has 0 fully saturated rings. The van der Waals surface area contributed by atoms with Crippen LogP contribution < -0.4 is 10.7 Å². The van der Waals surface area contributed by atoms with Gasteiger partial charge in [-0.15, -0.1) is 0 Å². The van der Waals surface area contributed by atoms with Crippen molar-refractivity contribution in [1.29, 1.82) is 0 Å². The van der Waals surface area contributed by atoms with E-state index in [0.29, 0.717) is 11.8 Å². The summed E-state index contributed by atoms with van der Waals surface area (Å²) in [6.07, 6.45) is 0.335. The smallest absolute Gasteiger partial charge is 0.347 e. The second-order valence-electron chi connectivity index (χ2n) is 8.87. The van der Waals surface area contributed by atoms with E-state index in [1.807, 2.05) is 24.3 Å². The van der Waals surface area contributed by atoms with Gasteiger partial charge in [0.05, 0.1) is 11.0 Å². The minimum atomic E-state index is -1.01. The summed E-state index contributed by atoms with van der Waals surface area (Å²) in [5, 5.41) is 20.0. The summed E-state index contributed by atoms with van der Waals surface area (Å²) in [6, 6.07) is 22.7. The predicted octanol–water partition coefficient (Wildman–Crippen LogP) is 5.92. The van der Waals surface area contributed by atoms with Crippen molar-refractivity contribution in [2.24, 2.45) is 5.16 Å². The highest BCUT2D eigenvalue weighted by Gasteiger charge is 2.17. The average molecular weight is 488 g/mol. The molecule has 3 aromatic carbocycles. The molecule has 6 nitrogen and oxygen atoms in total. The number of nitrogens with one attached hydrogen (secondary N) is 1. The molecule has 0 saturated carbocycles. The van der Waals surface area contributed by atoms with Gasteiger partial charge >= 0.3 is 5.97 Å². The van der Waals surface area contributed by atoms with Crippen molar-refractivity contribution >= 4 is 27.8 Å². The molecule has 4 aromatic rings. The Hall–Kier alpha value is -3.64. The first kappa shape index (κ1) is 27.0. The Kier molecular flexibility index (Phi) is 9.25. The first-order chi connectivity index (χ1) is 17.0. The molecule has 0 radical (unpaired) electrons. The maximum atomic E-state index is 11.5. The van der Waals surface area contributed by atoms with Crippen LogP contribution in [0.15, 0.2) is 71.9 Å². The highest BCUT2D eigenvalue weighted by Crippen LogP contribution is 2.25. The molecule has 0 aliphatic rings. The molecule has 1 aromatic heterocycles. The molecule has 36 heavy (non-hydrogen) atoms. The van der Waals surface area contributed by atoms with Crippen LogP contribution >= 0.6 is 0 Å². The number of pyridine rings is 1.